The average molecular weight is 430 g/mol. The van der Waals surface area contributed by atoms with Crippen LogP contribution < -0.4 is 8.61 Å². The van der Waals surface area contributed by atoms with Crippen molar-refractivity contribution in [3.05, 3.63) is 96.8 Å². The molecule has 1 aliphatic heterocycles. The van der Waals surface area contributed by atoms with Gasteiger partial charge in [-0.3, -0.25) is 0 Å². The van der Waals surface area contributed by atoms with Crippen LogP contribution in [0, 0.1) is 0 Å². The smallest absolute Gasteiger partial charge is 0.307 e. The molecule has 0 amide bonds. The molecular weight excluding hydrogens is 412 g/mol. The van der Waals surface area contributed by atoms with E-state index in [1.807, 2.05) is 94.3 Å². The summed E-state index contributed by atoms with van der Waals surface area (Å²) in [6.07, 6.45) is 7.51. The van der Waals surface area contributed by atoms with Crippen LogP contribution in [0.2, 0.25) is 0 Å². The molecule has 0 fully saturated rings. The van der Waals surface area contributed by atoms with E-state index < -0.39 is 10.2 Å². The Morgan fingerprint density at radius 3 is 1.55 bits per heavy atom. The molecular formula is C22H18N6O2S. The van der Waals surface area contributed by atoms with Gasteiger partial charge >= 0.3 is 10.2 Å². The number of para-hydroxylation sites is 2. The predicted octanol–water partition coefficient (Wildman–Crippen LogP) is 3.25. The number of aromatic nitrogens is 4. The number of nitrogens with zero attached hydrogens (tertiary/aromatic N) is 6. The van der Waals surface area contributed by atoms with Gasteiger partial charge in [0.05, 0.1) is 35.9 Å². The molecule has 0 aliphatic carbocycles. The first-order valence-electron chi connectivity index (χ1n) is 9.84. The lowest BCUT2D eigenvalue weighted by molar-refractivity contribution is 0.587. The van der Waals surface area contributed by atoms with Crippen molar-refractivity contribution in [2.75, 3.05) is 8.61 Å². The monoisotopic (exact) mass is 430 g/mol. The molecule has 0 atom stereocenters. The van der Waals surface area contributed by atoms with Crippen LogP contribution in [-0.4, -0.2) is 27.2 Å². The van der Waals surface area contributed by atoms with E-state index in [-0.39, 0.29) is 13.1 Å². The third-order valence-corrected chi connectivity index (χ3v) is 7.18. The summed E-state index contributed by atoms with van der Waals surface area (Å²) >= 11 is 0. The third kappa shape index (κ3) is 2.85. The maximum Gasteiger partial charge on any atom is 0.327 e. The number of rotatable bonds is 4. The Labute approximate surface area is 178 Å². The Balaban J connectivity index is 1.39. The normalized spacial score (nSPS) is 15.1. The second-order valence-corrected chi connectivity index (χ2v) is 9.18. The molecule has 4 aromatic heterocycles. The SMILES string of the molecule is O=S1(=O)N(Cc2cn3ccccc3n2)c2ccccc2N1Cc1cn2ccccc2n1. The molecule has 5 aromatic rings. The number of benzene rings is 1. The minimum atomic E-state index is -3.79. The lowest BCUT2D eigenvalue weighted by atomic mass is 10.2. The fourth-order valence-corrected chi connectivity index (χ4v) is 5.64. The van der Waals surface area contributed by atoms with Crippen LogP contribution in [0.5, 0.6) is 0 Å². The first-order valence-corrected chi connectivity index (χ1v) is 11.2. The maximum atomic E-state index is 13.6. The number of hydrogen-bond acceptors (Lipinski definition) is 4. The second kappa shape index (κ2) is 6.58. The fourth-order valence-electron chi connectivity index (χ4n) is 4.01. The molecule has 0 saturated heterocycles. The van der Waals surface area contributed by atoms with Crippen LogP contribution in [0.15, 0.2) is 85.5 Å². The van der Waals surface area contributed by atoms with E-state index in [0.29, 0.717) is 22.8 Å². The summed E-state index contributed by atoms with van der Waals surface area (Å²) in [7, 11) is -3.79. The molecule has 0 unspecified atom stereocenters. The first kappa shape index (κ1) is 18.0. The minimum Gasteiger partial charge on any atom is -0.307 e. The molecule has 0 bridgehead atoms. The van der Waals surface area contributed by atoms with Gasteiger partial charge in [0, 0.05) is 24.8 Å². The Kier molecular flexibility index (Phi) is 3.81. The zero-order valence-electron chi connectivity index (χ0n) is 16.4. The summed E-state index contributed by atoms with van der Waals surface area (Å²) in [5, 5.41) is 0. The van der Waals surface area contributed by atoms with Crippen molar-refractivity contribution >= 4 is 32.9 Å². The first-order chi connectivity index (χ1) is 15.1. The molecule has 9 heteroatoms. The number of anilines is 2. The summed E-state index contributed by atoms with van der Waals surface area (Å²) in [5.74, 6) is 0. The molecule has 6 rings (SSSR count). The quantitative estimate of drug-likeness (QED) is 0.439. The Hall–Kier alpha value is -3.85. The predicted molar refractivity (Wildman–Crippen MR) is 118 cm³/mol. The number of imidazole rings is 2. The second-order valence-electron chi connectivity index (χ2n) is 7.41. The molecule has 154 valence electrons. The molecule has 1 aliphatic rings. The van der Waals surface area contributed by atoms with E-state index in [4.69, 9.17) is 0 Å². The molecule has 0 radical (unpaired) electrons. The number of pyridine rings is 2. The Morgan fingerprint density at radius 2 is 1.10 bits per heavy atom. The van der Waals surface area contributed by atoms with Crippen LogP contribution in [-0.2, 0) is 23.3 Å². The fraction of sp³-hybridized carbons (Fsp3) is 0.0909. The van der Waals surface area contributed by atoms with Gasteiger partial charge in [-0.1, -0.05) is 24.3 Å². The van der Waals surface area contributed by atoms with Gasteiger partial charge in [-0.2, -0.15) is 8.42 Å². The van der Waals surface area contributed by atoms with Crippen molar-refractivity contribution < 1.29 is 8.42 Å². The summed E-state index contributed by atoms with van der Waals surface area (Å²) in [4.78, 5) is 9.15. The van der Waals surface area contributed by atoms with Crippen LogP contribution in [0.25, 0.3) is 11.3 Å². The highest BCUT2D eigenvalue weighted by atomic mass is 32.2. The highest BCUT2D eigenvalue weighted by molar-refractivity contribution is 7.94. The van der Waals surface area contributed by atoms with E-state index in [9.17, 15) is 8.42 Å². The van der Waals surface area contributed by atoms with Crippen LogP contribution >= 0.6 is 0 Å². The summed E-state index contributed by atoms with van der Waals surface area (Å²) in [6.45, 7) is 0.311. The van der Waals surface area contributed by atoms with Crippen molar-refractivity contribution in [3.8, 4) is 0 Å². The molecule has 5 heterocycles. The van der Waals surface area contributed by atoms with Gasteiger partial charge in [0.1, 0.15) is 11.3 Å². The maximum absolute atomic E-state index is 13.6. The van der Waals surface area contributed by atoms with E-state index in [0.717, 1.165) is 11.3 Å². The highest BCUT2D eigenvalue weighted by Crippen LogP contribution is 2.42. The van der Waals surface area contributed by atoms with Gasteiger partial charge in [-0.05, 0) is 36.4 Å². The van der Waals surface area contributed by atoms with Gasteiger partial charge in [-0.15, -0.1) is 0 Å². The molecule has 8 nitrogen and oxygen atoms in total. The van der Waals surface area contributed by atoms with Crippen LogP contribution in [0.4, 0.5) is 11.4 Å². The molecule has 1 aromatic carbocycles. The zero-order valence-corrected chi connectivity index (χ0v) is 17.2. The van der Waals surface area contributed by atoms with E-state index in [1.54, 1.807) is 0 Å². The molecule has 31 heavy (non-hydrogen) atoms. The van der Waals surface area contributed by atoms with E-state index in [2.05, 4.69) is 9.97 Å². The van der Waals surface area contributed by atoms with Gasteiger partial charge in [0.25, 0.3) is 0 Å². The van der Waals surface area contributed by atoms with Crippen LogP contribution in [0.3, 0.4) is 0 Å². The largest absolute Gasteiger partial charge is 0.327 e. The van der Waals surface area contributed by atoms with Gasteiger partial charge in [0.15, 0.2) is 0 Å². The standard InChI is InChI=1S/C22H18N6O2S/c29-31(30)27(15-17-13-25-11-5-3-9-21(25)23-17)19-7-1-2-8-20(19)28(31)16-18-14-26-12-6-4-10-22(26)24-18/h1-14H,15-16H2. The van der Waals surface area contributed by atoms with Crippen molar-refractivity contribution in [3.63, 3.8) is 0 Å². The molecule has 0 spiro atoms. The van der Waals surface area contributed by atoms with Crippen molar-refractivity contribution in [1.29, 1.82) is 0 Å². The van der Waals surface area contributed by atoms with E-state index in [1.165, 1.54) is 8.61 Å². The minimum absolute atomic E-state index is 0.155. The summed E-state index contributed by atoms with van der Waals surface area (Å²) in [6, 6.07) is 18.8. The number of fused-ring (bicyclic) bond motifs is 3. The lowest BCUT2D eigenvalue weighted by Crippen LogP contribution is -2.37. The molecule has 0 N–H and O–H groups in total. The summed E-state index contributed by atoms with van der Waals surface area (Å²) in [5.41, 5.74) is 4.21. The molecule has 0 saturated carbocycles. The van der Waals surface area contributed by atoms with Crippen molar-refractivity contribution in [2.45, 2.75) is 13.1 Å². The Bertz CT molecular complexity index is 1360. The van der Waals surface area contributed by atoms with Crippen LogP contribution in [0.1, 0.15) is 11.4 Å². The van der Waals surface area contributed by atoms with Crippen molar-refractivity contribution in [1.82, 2.24) is 18.8 Å². The number of hydrogen-bond donors (Lipinski definition) is 0. The van der Waals surface area contributed by atoms with Crippen molar-refractivity contribution in [2.24, 2.45) is 0 Å². The van der Waals surface area contributed by atoms with Gasteiger partial charge in [0.2, 0.25) is 0 Å². The Morgan fingerprint density at radius 1 is 0.645 bits per heavy atom. The van der Waals surface area contributed by atoms with Gasteiger partial charge < -0.3 is 8.80 Å². The topological polar surface area (TPSA) is 75.2 Å². The third-order valence-electron chi connectivity index (χ3n) is 5.42. The zero-order chi connectivity index (χ0) is 21.0. The van der Waals surface area contributed by atoms with Gasteiger partial charge in [-0.25, -0.2) is 18.6 Å². The highest BCUT2D eigenvalue weighted by Gasteiger charge is 2.40. The lowest BCUT2D eigenvalue weighted by Gasteiger charge is -2.20. The average Bonchev–Trinajstić information content (AvgIpc) is 3.43. The van der Waals surface area contributed by atoms with E-state index >= 15 is 0 Å². The summed E-state index contributed by atoms with van der Waals surface area (Å²) < 4.78 is 33.8.